The minimum Gasteiger partial charge on any atom is -0.0991 e. The van der Waals surface area contributed by atoms with Crippen LogP contribution in [-0.2, 0) is 5.41 Å². The predicted molar refractivity (Wildman–Crippen MR) is 215 cm³/mol. The van der Waals surface area contributed by atoms with Crippen LogP contribution < -0.4 is 0 Å². The highest BCUT2D eigenvalue weighted by Crippen LogP contribution is 2.40. The molecule has 0 heterocycles. The van der Waals surface area contributed by atoms with Crippen molar-refractivity contribution in [3.05, 3.63) is 199 Å². The molecule has 0 aromatic heterocycles. The number of allylic oxidation sites excluding steroid dienone is 7. The van der Waals surface area contributed by atoms with Crippen molar-refractivity contribution in [2.75, 3.05) is 0 Å². The fourth-order valence-corrected chi connectivity index (χ4v) is 7.37. The standard InChI is InChI=1S/C49H38/c1-4-5-13-36-26-27-46(43-18-8-7-17-41(36)43)47-29-28-42(44-19-9-10-20-45(44)47)39-25-23-35-22-24-38(32-40(35)33-39)34-15-12-16-37-14-6-11-21-48(37)49(2,3)31-30-34/h4-33H,1H2,2-3H3/b13-5-,16-12+,31-30+,34-15+. The Morgan fingerprint density at radius 1 is 0.551 bits per heavy atom. The molecule has 0 unspecified atom stereocenters. The molecule has 0 saturated carbocycles. The van der Waals surface area contributed by atoms with Crippen LogP contribution in [0, 0.1) is 0 Å². The Hall–Kier alpha value is -5.98. The van der Waals surface area contributed by atoms with E-state index in [2.05, 4.69) is 190 Å². The van der Waals surface area contributed by atoms with Crippen molar-refractivity contribution in [3.63, 3.8) is 0 Å². The summed E-state index contributed by atoms with van der Waals surface area (Å²) < 4.78 is 0. The first kappa shape index (κ1) is 30.4. The highest BCUT2D eigenvalue weighted by molar-refractivity contribution is 6.11. The van der Waals surface area contributed by atoms with Crippen LogP contribution >= 0.6 is 0 Å². The molecule has 0 aliphatic heterocycles. The van der Waals surface area contributed by atoms with E-state index >= 15 is 0 Å². The molecule has 7 aromatic carbocycles. The van der Waals surface area contributed by atoms with Crippen molar-refractivity contribution in [2.24, 2.45) is 0 Å². The molecule has 1 aliphatic rings. The topological polar surface area (TPSA) is 0 Å². The number of hydrogen-bond donors (Lipinski definition) is 0. The van der Waals surface area contributed by atoms with Crippen LogP contribution in [-0.4, -0.2) is 0 Å². The van der Waals surface area contributed by atoms with Crippen molar-refractivity contribution in [1.82, 2.24) is 0 Å². The van der Waals surface area contributed by atoms with Crippen LogP contribution in [0.4, 0.5) is 0 Å². The van der Waals surface area contributed by atoms with E-state index in [-0.39, 0.29) is 5.41 Å². The third-order valence-electron chi connectivity index (χ3n) is 9.95. The lowest BCUT2D eigenvalue weighted by atomic mass is 9.81. The summed E-state index contributed by atoms with van der Waals surface area (Å²) in [7, 11) is 0. The van der Waals surface area contributed by atoms with E-state index in [9.17, 15) is 0 Å². The van der Waals surface area contributed by atoms with Gasteiger partial charge in [-0.25, -0.2) is 0 Å². The van der Waals surface area contributed by atoms with E-state index in [1.165, 1.54) is 82.4 Å². The molecule has 0 atom stereocenters. The Morgan fingerprint density at radius 3 is 1.94 bits per heavy atom. The summed E-state index contributed by atoms with van der Waals surface area (Å²) in [4.78, 5) is 0. The van der Waals surface area contributed by atoms with E-state index in [4.69, 9.17) is 0 Å². The zero-order valence-corrected chi connectivity index (χ0v) is 28.0. The fraction of sp³-hybridized carbons (Fsp3) is 0.0612. The lowest BCUT2D eigenvalue weighted by molar-refractivity contribution is 0.669. The first-order valence-corrected chi connectivity index (χ1v) is 17.0. The molecule has 0 bridgehead atoms. The number of rotatable bonds is 5. The van der Waals surface area contributed by atoms with Gasteiger partial charge in [-0.2, -0.15) is 0 Å². The zero-order chi connectivity index (χ0) is 33.4. The Balaban J connectivity index is 1.21. The highest BCUT2D eigenvalue weighted by atomic mass is 14.2. The quantitative estimate of drug-likeness (QED) is 0.167. The molecule has 0 nitrogen and oxygen atoms in total. The van der Waals surface area contributed by atoms with Crippen LogP contribution in [0.25, 0.3) is 72.3 Å². The number of hydrogen-bond acceptors (Lipinski definition) is 0. The molecular formula is C49H38. The van der Waals surface area contributed by atoms with E-state index in [1.807, 2.05) is 12.2 Å². The molecule has 0 heteroatoms. The molecule has 7 aromatic rings. The third-order valence-corrected chi connectivity index (χ3v) is 9.95. The maximum absolute atomic E-state index is 3.86. The van der Waals surface area contributed by atoms with Crippen molar-refractivity contribution in [3.8, 4) is 22.3 Å². The SMILES string of the molecule is C=C/C=C\c1ccc(-c2ccc(-c3ccc4ccc(C5=C/C=C/c6ccccc6C(C)(C)\C=C\5)cc4c3)c3ccccc23)c2ccccc12. The fourth-order valence-electron chi connectivity index (χ4n) is 7.37. The van der Waals surface area contributed by atoms with Crippen LogP contribution in [0.1, 0.15) is 36.1 Å². The van der Waals surface area contributed by atoms with Crippen molar-refractivity contribution in [2.45, 2.75) is 19.3 Å². The summed E-state index contributed by atoms with van der Waals surface area (Å²) in [6.07, 6.45) is 17.2. The van der Waals surface area contributed by atoms with Gasteiger partial charge in [0.05, 0.1) is 0 Å². The molecule has 0 saturated heterocycles. The van der Waals surface area contributed by atoms with Gasteiger partial charge in [0.25, 0.3) is 0 Å². The first-order chi connectivity index (χ1) is 24.0. The van der Waals surface area contributed by atoms with Gasteiger partial charge >= 0.3 is 0 Å². The summed E-state index contributed by atoms with van der Waals surface area (Å²) >= 11 is 0. The number of fused-ring (bicyclic) bond motifs is 4. The first-order valence-electron chi connectivity index (χ1n) is 17.0. The summed E-state index contributed by atoms with van der Waals surface area (Å²) in [5, 5.41) is 7.47. The molecule has 0 N–H and O–H groups in total. The lowest BCUT2D eigenvalue weighted by Gasteiger charge is -2.23. The molecule has 0 fully saturated rings. The minimum absolute atomic E-state index is 0.0848. The lowest BCUT2D eigenvalue weighted by Crippen LogP contribution is -2.14. The Bertz CT molecular complexity index is 2530. The van der Waals surface area contributed by atoms with Gasteiger partial charge in [0.2, 0.25) is 0 Å². The summed E-state index contributed by atoms with van der Waals surface area (Å²) in [5.41, 5.74) is 11.1. The van der Waals surface area contributed by atoms with E-state index in [0.29, 0.717) is 0 Å². The third kappa shape index (κ3) is 5.66. The van der Waals surface area contributed by atoms with Gasteiger partial charge < -0.3 is 0 Å². The van der Waals surface area contributed by atoms with Crippen LogP contribution in [0.3, 0.4) is 0 Å². The second kappa shape index (κ2) is 12.6. The molecule has 8 rings (SSSR count). The average Bonchev–Trinajstić information content (AvgIpc) is 3.20. The average molecular weight is 627 g/mol. The van der Waals surface area contributed by atoms with Gasteiger partial charge in [-0.1, -0.05) is 190 Å². The van der Waals surface area contributed by atoms with E-state index in [1.54, 1.807) is 0 Å². The molecule has 0 radical (unpaired) electrons. The summed E-state index contributed by atoms with van der Waals surface area (Å²) in [5.74, 6) is 0. The molecule has 49 heavy (non-hydrogen) atoms. The second-order valence-electron chi connectivity index (χ2n) is 13.4. The highest BCUT2D eigenvalue weighted by Gasteiger charge is 2.20. The van der Waals surface area contributed by atoms with Gasteiger partial charge in [-0.3, -0.25) is 0 Å². The molecule has 0 amide bonds. The van der Waals surface area contributed by atoms with Gasteiger partial charge in [-0.15, -0.1) is 0 Å². The Morgan fingerprint density at radius 2 is 1.16 bits per heavy atom. The largest absolute Gasteiger partial charge is 0.0991 e. The molecule has 234 valence electrons. The van der Waals surface area contributed by atoms with Crippen molar-refractivity contribution in [1.29, 1.82) is 0 Å². The molecular weight excluding hydrogens is 589 g/mol. The Labute approximate surface area is 289 Å². The van der Waals surface area contributed by atoms with Gasteiger partial charge in [-0.05, 0) is 94.5 Å². The smallest absolute Gasteiger partial charge is 0.00845 e. The van der Waals surface area contributed by atoms with E-state index < -0.39 is 0 Å². The normalized spacial score (nSPS) is 16.4. The molecule has 0 spiro atoms. The Kier molecular flexibility index (Phi) is 7.78. The van der Waals surface area contributed by atoms with E-state index in [0.717, 1.165) is 0 Å². The van der Waals surface area contributed by atoms with Gasteiger partial charge in [0.15, 0.2) is 0 Å². The number of benzene rings is 7. The maximum atomic E-state index is 3.86. The van der Waals surface area contributed by atoms with Gasteiger partial charge in [0.1, 0.15) is 0 Å². The van der Waals surface area contributed by atoms with Crippen LogP contribution in [0.2, 0.25) is 0 Å². The summed E-state index contributed by atoms with van der Waals surface area (Å²) in [6.45, 7) is 8.44. The van der Waals surface area contributed by atoms with Crippen molar-refractivity contribution < 1.29 is 0 Å². The van der Waals surface area contributed by atoms with Gasteiger partial charge in [0, 0.05) is 5.41 Å². The maximum Gasteiger partial charge on any atom is 0.00845 e. The zero-order valence-electron chi connectivity index (χ0n) is 28.0. The van der Waals surface area contributed by atoms with Crippen LogP contribution in [0.15, 0.2) is 176 Å². The van der Waals surface area contributed by atoms with Crippen LogP contribution in [0.5, 0.6) is 0 Å². The predicted octanol–water partition coefficient (Wildman–Crippen LogP) is 13.6. The monoisotopic (exact) mass is 626 g/mol. The van der Waals surface area contributed by atoms with Crippen molar-refractivity contribution >= 4 is 50.0 Å². The minimum atomic E-state index is -0.0848. The summed E-state index contributed by atoms with van der Waals surface area (Å²) in [6, 6.07) is 49.0. The molecule has 1 aliphatic carbocycles. The second-order valence-corrected chi connectivity index (χ2v) is 13.4.